The summed E-state index contributed by atoms with van der Waals surface area (Å²) in [6, 6.07) is 7.55. The van der Waals surface area contributed by atoms with Crippen molar-refractivity contribution in [3.8, 4) is 11.8 Å². The topological polar surface area (TPSA) is 65.2 Å². The first-order valence-electron chi connectivity index (χ1n) is 7.85. The first-order chi connectivity index (χ1) is 11.3. The maximum absolute atomic E-state index is 12.3. The van der Waals surface area contributed by atoms with Gasteiger partial charge < -0.3 is 9.15 Å². The Morgan fingerprint density at radius 2 is 1.78 bits per heavy atom. The summed E-state index contributed by atoms with van der Waals surface area (Å²) in [5, 5.41) is 1.00. The molecule has 2 heterocycles. The molecule has 0 fully saturated rings. The van der Waals surface area contributed by atoms with Gasteiger partial charge in [0.15, 0.2) is 0 Å². The molecule has 1 aromatic carbocycles. The van der Waals surface area contributed by atoms with Crippen LogP contribution < -0.4 is 10.4 Å². The van der Waals surface area contributed by atoms with Crippen LogP contribution in [0.25, 0.3) is 11.0 Å². The molecular formula is C18H16N2O3. The molecule has 0 radical (unpaired) electrons. The van der Waals surface area contributed by atoms with E-state index >= 15 is 0 Å². The van der Waals surface area contributed by atoms with Crippen molar-refractivity contribution in [2.75, 3.05) is 0 Å². The number of rotatable bonds is 2. The van der Waals surface area contributed by atoms with Crippen LogP contribution in [0.2, 0.25) is 0 Å². The molecule has 2 aromatic heterocycles. The maximum atomic E-state index is 12.3. The summed E-state index contributed by atoms with van der Waals surface area (Å²) in [4.78, 5) is 20.3. The van der Waals surface area contributed by atoms with Crippen LogP contribution in [0.3, 0.4) is 0 Å². The predicted molar refractivity (Wildman–Crippen MR) is 85.8 cm³/mol. The molecule has 0 spiro atoms. The molecule has 1 aliphatic rings. The minimum Gasteiger partial charge on any atom is -0.424 e. The zero-order valence-corrected chi connectivity index (χ0v) is 12.6. The molecule has 5 heteroatoms. The number of ether oxygens (including phenoxy) is 1. The Morgan fingerprint density at radius 1 is 1.00 bits per heavy atom. The van der Waals surface area contributed by atoms with E-state index < -0.39 is 0 Å². The second kappa shape index (κ2) is 5.83. The minimum absolute atomic E-state index is 0.220. The van der Waals surface area contributed by atoms with E-state index in [1.165, 1.54) is 0 Å². The van der Waals surface area contributed by atoms with E-state index in [0.717, 1.165) is 48.6 Å². The van der Waals surface area contributed by atoms with Crippen molar-refractivity contribution in [1.82, 2.24) is 9.97 Å². The van der Waals surface area contributed by atoms with Crippen LogP contribution in [0.5, 0.6) is 11.8 Å². The summed E-state index contributed by atoms with van der Waals surface area (Å²) in [6.45, 7) is 0. The normalized spacial score (nSPS) is 14.3. The van der Waals surface area contributed by atoms with Crippen LogP contribution in [-0.4, -0.2) is 9.97 Å². The van der Waals surface area contributed by atoms with Gasteiger partial charge in [0, 0.05) is 29.4 Å². The van der Waals surface area contributed by atoms with E-state index in [1.807, 2.05) is 12.1 Å². The third kappa shape index (κ3) is 2.70. The van der Waals surface area contributed by atoms with Gasteiger partial charge in [-0.25, -0.2) is 14.8 Å². The predicted octanol–water partition coefficient (Wildman–Crippen LogP) is 3.64. The standard InChI is InChI=1S/C18H16N2O3/c21-17-15-6-3-1-2-5-13(15)14-8-7-12(11-16(14)23-17)22-18-19-9-4-10-20-18/h4,7-11H,1-3,5-6H2. The van der Waals surface area contributed by atoms with Gasteiger partial charge in [-0.2, -0.15) is 0 Å². The average molecular weight is 308 g/mol. The summed E-state index contributed by atoms with van der Waals surface area (Å²) in [6.07, 6.45) is 8.29. The third-order valence-corrected chi connectivity index (χ3v) is 4.20. The number of nitrogens with zero attached hydrogens (tertiary/aromatic N) is 2. The largest absolute Gasteiger partial charge is 0.424 e. The number of hydrogen-bond donors (Lipinski definition) is 0. The number of fused-ring (bicyclic) bond motifs is 3. The monoisotopic (exact) mass is 308 g/mol. The smallest absolute Gasteiger partial charge is 0.339 e. The summed E-state index contributed by atoms with van der Waals surface area (Å²) in [7, 11) is 0. The van der Waals surface area contributed by atoms with Gasteiger partial charge in [0.1, 0.15) is 11.3 Å². The van der Waals surface area contributed by atoms with Gasteiger partial charge in [-0.05, 0) is 49.4 Å². The molecule has 0 aliphatic heterocycles. The van der Waals surface area contributed by atoms with Crippen LogP contribution in [0.15, 0.2) is 45.9 Å². The number of hydrogen-bond acceptors (Lipinski definition) is 5. The van der Waals surface area contributed by atoms with Crippen molar-refractivity contribution >= 4 is 11.0 Å². The molecular weight excluding hydrogens is 292 g/mol. The molecule has 0 N–H and O–H groups in total. The molecule has 5 nitrogen and oxygen atoms in total. The molecule has 3 aromatic rings. The first kappa shape index (κ1) is 13.9. The number of benzene rings is 1. The Hall–Kier alpha value is -2.69. The van der Waals surface area contributed by atoms with E-state index in [9.17, 15) is 4.79 Å². The molecule has 1 aliphatic carbocycles. The third-order valence-electron chi connectivity index (χ3n) is 4.20. The van der Waals surface area contributed by atoms with E-state index in [0.29, 0.717) is 11.3 Å². The Labute approximate surface area is 133 Å². The molecule has 0 unspecified atom stereocenters. The molecule has 0 saturated carbocycles. The van der Waals surface area contributed by atoms with Gasteiger partial charge in [-0.3, -0.25) is 0 Å². The first-order valence-corrected chi connectivity index (χ1v) is 7.85. The summed E-state index contributed by atoms with van der Waals surface area (Å²) >= 11 is 0. The Balaban J connectivity index is 1.79. The number of aryl methyl sites for hydroxylation is 1. The second-order valence-corrected chi connectivity index (χ2v) is 5.70. The highest BCUT2D eigenvalue weighted by Gasteiger charge is 2.17. The Kier molecular flexibility index (Phi) is 3.54. The summed E-state index contributed by atoms with van der Waals surface area (Å²) < 4.78 is 11.1. The highest BCUT2D eigenvalue weighted by Crippen LogP contribution is 2.29. The highest BCUT2D eigenvalue weighted by molar-refractivity contribution is 5.82. The molecule has 0 atom stereocenters. The molecule has 116 valence electrons. The van der Waals surface area contributed by atoms with Crippen molar-refractivity contribution in [2.24, 2.45) is 0 Å². The lowest BCUT2D eigenvalue weighted by Crippen LogP contribution is -2.10. The minimum atomic E-state index is -0.220. The fourth-order valence-electron chi connectivity index (χ4n) is 3.11. The molecule has 4 rings (SSSR count). The summed E-state index contributed by atoms with van der Waals surface area (Å²) in [5.41, 5.74) is 2.32. The zero-order chi connectivity index (χ0) is 15.6. The van der Waals surface area contributed by atoms with Gasteiger partial charge >= 0.3 is 11.6 Å². The fourth-order valence-corrected chi connectivity index (χ4v) is 3.11. The second-order valence-electron chi connectivity index (χ2n) is 5.70. The van der Waals surface area contributed by atoms with Crippen molar-refractivity contribution < 1.29 is 9.15 Å². The lowest BCUT2D eigenvalue weighted by molar-refractivity contribution is 0.440. The molecule has 0 saturated heterocycles. The van der Waals surface area contributed by atoms with Crippen LogP contribution >= 0.6 is 0 Å². The average Bonchev–Trinajstić information content (AvgIpc) is 2.82. The van der Waals surface area contributed by atoms with Gasteiger partial charge in [-0.1, -0.05) is 6.42 Å². The fraction of sp³-hybridized carbons (Fsp3) is 0.278. The number of aromatic nitrogens is 2. The lowest BCUT2D eigenvalue weighted by Gasteiger charge is -2.09. The van der Waals surface area contributed by atoms with E-state index in [2.05, 4.69) is 9.97 Å². The van der Waals surface area contributed by atoms with Crippen LogP contribution in [0, 0.1) is 0 Å². The van der Waals surface area contributed by atoms with Crippen molar-refractivity contribution in [3.05, 3.63) is 58.2 Å². The van der Waals surface area contributed by atoms with E-state index in [1.54, 1.807) is 24.5 Å². The maximum Gasteiger partial charge on any atom is 0.339 e. The highest BCUT2D eigenvalue weighted by atomic mass is 16.5. The Bertz CT molecular complexity index is 903. The van der Waals surface area contributed by atoms with Crippen molar-refractivity contribution in [3.63, 3.8) is 0 Å². The molecule has 0 bridgehead atoms. The van der Waals surface area contributed by atoms with Gasteiger partial charge in [0.25, 0.3) is 0 Å². The lowest BCUT2D eigenvalue weighted by atomic mass is 10.0. The van der Waals surface area contributed by atoms with Crippen LogP contribution in [0.4, 0.5) is 0 Å². The van der Waals surface area contributed by atoms with Crippen LogP contribution in [0.1, 0.15) is 30.4 Å². The van der Waals surface area contributed by atoms with Crippen molar-refractivity contribution in [1.29, 1.82) is 0 Å². The zero-order valence-electron chi connectivity index (χ0n) is 12.6. The Morgan fingerprint density at radius 3 is 2.61 bits per heavy atom. The van der Waals surface area contributed by atoms with Crippen LogP contribution in [-0.2, 0) is 12.8 Å². The van der Waals surface area contributed by atoms with Gasteiger partial charge in [0.05, 0.1) is 0 Å². The quantitative estimate of drug-likeness (QED) is 0.534. The van der Waals surface area contributed by atoms with E-state index in [4.69, 9.17) is 9.15 Å². The van der Waals surface area contributed by atoms with Gasteiger partial charge in [-0.15, -0.1) is 0 Å². The molecule has 0 amide bonds. The van der Waals surface area contributed by atoms with E-state index in [-0.39, 0.29) is 11.6 Å². The SMILES string of the molecule is O=c1oc2cc(Oc3ncccn3)ccc2c2c1CCCCC2. The molecule has 23 heavy (non-hydrogen) atoms. The van der Waals surface area contributed by atoms with Crippen molar-refractivity contribution in [2.45, 2.75) is 32.1 Å². The van der Waals surface area contributed by atoms with Gasteiger partial charge in [0.2, 0.25) is 0 Å². The summed E-state index contributed by atoms with van der Waals surface area (Å²) in [5.74, 6) is 0.556.